The number of hydrogen-bond acceptors (Lipinski definition) is 13. The highest BCUT2D eigenvalue weighted by Crippen LogP contribution is 2.34. The third-order valence-electron chi connectivity index (χ3n) is 11.6. The van der Waals surface area contributed by atoms with Crippen LogP contribution in [0.25, 0.3) is 0 Å². The van der Waals surface area contributed by atoms with Crippen molar-refractivity contribution in [2.24, 2.45) is 0 Å². The molecule has 0 saturated carbocycles. The first-order valence-electron chi connectivity index (χ1n) is 22.8. The summed E-state index contributed by atoms with van der Waals surface area (Å²) in [5.74, 6) is 0.202. The van der Waals surface area contributed by atoms with E-state index in [1.54, 1.807) is 12.1 Å². The summed E-state index contributed by atoms with van der Waals surface area (Å²) in [7, 11) is 0. The molecule has 0 bridgehead atoms. The number of nitrogens with zero attached hydrogens (tertiary/aromatic N) is 4. The molecule has 0 aliphatic carbocycles. The molecular weight excluding hydrogens is 887 g/mol. The molecule has 5 heterocycles. The van der Waals surface area contributed by atoms with E-state index in [0.29, 0.717) is 59.9 Å². The molecule has 15 nitrogen and oxygen atoms in total. The van der Waals surface area contributed by atoms with Crippen LogP contribution in [-0.4, -0.2) is 102 Å². The molecule has 0 spiro atoms. The molecule has 362 valence electrons. The standard InChI is InChI=1S/C27H38ClN3O5.C22H30ClN3O4/c1-26(2,3)35-20-14-21(31(16-20)19-11-9-18(28)10-12-19)25(32)29-23-15-22(30-36-23)27(4,5)17-34-24-8-6-7-13-33-24;1-21(2,3)29-16-10-17(26(12-16)15-8-6-14(23)7-9-15)20(28)24-19-11-18(25-30-19)22(4,5)13-27/h9-12,15,20-21,24H,6-8,13-14,16-17H2,1-5H3,(H,29,32);6-9,11,16-17,27H,10,12-13H2,1-5H3,(H,24,28)/t20-,21+,24?;16-,17+/m11/s1. The van der Waals surface area contributed by atoms with Gasteiger partial charge in [-0.3, -0.25) is 20.2 Å². The maximum absolute atomic E-state index is 13.4. The van der Waals surface area contributed by atoms with Crippen molar-refractivity contribution in [3.8, 4) is 0 Å². The molecule has 7 rings (SSSR count). The summed E-state index contributed by atoms with van der Waals surface area (Å²) in [6.07, 6.45) is 3.86. The molecule has 17 heteroatoms. The van der Waals surface area contributed by atoms with Gasteiger partial charge in [0.15, 0.2) is 6.29 Å². The molecular formula is C49H68Cl2N6O9. The summed E-state index contributed by atoms with van der Waals surface area (Å²) in [6.45, 7) is 22.2. The van der Waals surface area contributed by atoms with Crippen LogP contribution < -0.4 is 20.4 Å². The number of aliphatic hydroxyl groups excluding tert-OH is 1. The topological polar surface area (TPSA) is 174 Å². The fraction of sp³-hybridized carbons (Fsp3) is 0.592. The Balaban J connectivity index is 0.000000222. The quantitative estimate of drug-likeness (QED) is 0.109. The highest BCUT2D eigenvalue weighted by atomic mass is 35.5. The number of aliphatic hydroxyl groups is 1. The van der Waals surface area contributed by atoms with E-state index in [-0.39, 0.29) is 54.0 Å². The molecule has 66 heavy (non-hydrogen) atoms. The molecule has 1 unspecified atom stereocenters. The lowest BCUT2D eigenvalue weighted by molar-refractivity contribution is -0.170. The van der Waals surface area contributed by atoms with Crippen LogP contribution in [0.1, 0.15) is 113 Å². The van der Waals surface area contributed by atoms with Crippen LogP contribution in [0.15, 0.2) is 69.7 Å². The van der Waals surface area contributed by atoms with Gasteiger partial charge in [-0.15, -0.1) is 0 Å². The first-order chi connectivity index (χ1) is 31.0. The van der Waals surface area contributed by atoms with Crippen LogP contribution in [0.2, 0.25) is 10.0 Å². The number of carbonyl (C=O) groups is 2. The SMILES string of the molecule is CC(C)(C)O[C@@H]1C[C@@H](C(=O)Nc2cc(C(C)(C)CO)no2)N(c2ccc(Cl)cc2)C1.CC(C)(C)O[C@@H]1C[C@@H](C(=O)Nc2cc(C(C)(C)COC3CCCCO3)no2)N(c2ccc(Cl)cc2)C1. The van der Waals surface area contributed by atoms with Crippen LogP contribution in [0.4, 0.5) is 23.1 Å². The minimum atomic E-state index is -0.555. The molecule has 2 amide bonds. The minimum Gasteiger partial charge on any atom is -0.395 e. The number of aromatic nitrogens is 2. The zero-order valence-corrected chi connectivity index (χ0v) is 41.5. The summed E-state index contributed by atoms with van der Waals surface area (Å²) in [5.41, 5.74) is 1.54. The Kier molecular flexibility index (Phi) is 16.6. The molecule has 2 aromatic carbocycles. The second-order valence-corrected chi connectivity index (χ2v) is 21.5. The second kappa shape index (κ2) is 21.4. The van der Waals surface area contributed by atoms with Gasteiger partial charge in [0, 0.05) is 76.9 Å². The largest absolute Gasteiger partial charge is 0.395 e. The predicted octanol–water partition coefficient (Wildman–Crippen LogP) is 9.55. The summed E-state index contributed by atoms with van der Waals surface area (Å²) in [4.78, 5) is 30.6. The van der Waals surface area contributed by atoms with Crippen LogP contribution >= 0.6 is 23.2 Å². The van der Waals surface area contributed by atoms with Crippen molar-refractivity contribution in [1.82, 2.24) is 10.3 Å². The van der Waals surface area contributed by atoms with E-state index >= 15 is 0 Å². The number of anilines is 4. The molecule has 3 saturated heterocycles. The molecule has 3 N–H and O–H groups in total. The Bertz CT molecular complexity index is 2190. The van der Waals surface area contributed by atoms with E-state index in [2.05, 4.69) is 25.8 Å². The minimum absolute atomic E-state index is 0.0777. The van der Waals surface area contributed by atoms with Gasteiger partial charge < -0.3 is 42.9 Å². The van der Waals surface area contributed by atoms with Crippen molar-refractivity contribution in [1.29, 1.82) is 0 Å². The number of halogens is 2. The highest BCUT2D eigenvalue weighted by Gasteiger charge is 2.41. The maximum Gasteiger partial charge on any atom is 0.249 e. The van der Waals surface area contributed by atoms with Gasteiger partial charge in [0.1, 0.15) is 12.1 Å². The van der Waals surface area contributed by atoms with Crippen molar-refractivity contribution in [2.45, 2.75) is 154 Å². The summed E-state index contributed by atoms with van der Waals surface area (Å²) in [5, 5.41) is 24.8. The van der Waals surface area contributed by atoms with Crippen LogP contribution in [0.3, 0.4) is 0 Å². The Morgan fingerprint density at radius 3 is 1.53 bits per heavy atom. The Morgan fingerprint density at radius 1 is 0.697 bits per heavy atom. The van der Waals surface area contributed by atoms with E-state index in [0.717, 1.165) is 37.2 Å². The fourth-order valence-electron chi connectivity index (χ4n) is 8.11. The van der Waals surface area contributed by atoms with E-state index in [4.69, 9.17) is 51.2 Å². The number of carbonyl (C=O) groups excluding carboxylic acids is 2. The molecule has 2 aromatic heterocycles. The molecule has 3 aliphatic rings. The molecule has 3 fully saturated rings. The fourth-order valence-corrected chi connectivity index (χ4v) is 8.37. The van der Waals surface area contributed by atoms with Gasteiger partial charge in [-0.1, -0.05) is 61.2 Å². The van der Waals surface area contributed by atoms with Crippen molar-refractivity contribution < 1.29 is 42.7 Å². The average Bonchev–Trinajstić information content (AvgIpc) is 4.08. The van der Waals surface area contributed by atoms with Gasteiger partial charge in [0.2, 0.25) is 23.6 Å². The average molecular weight is 956 g/mol. The summed E-state index contributed by atoms with van der Waals surface area (Å²) in [6, 6.07) is 17.5. The zero-order valence-electron chi connectivity index (χ0n) is 40.0. The number of hydrogen-bond donors (Lipinski definition) is 3. The third-order valence-corrected chi connectivity index (χ3v) is 12.1. The van der Waals surface area contributed by atoms with Crippen molar-refractivity contribution in [3.05, 3.63) is 82.1 Å². The van der Waals surface area contributed by atoms with Gasteiger partial charge in [-0.25, -0.2) is 0 Å². The number of ether oxygens (including phenoxy) is 4. The van der Waals surface area contributed by atoms with Crippen LogP contribution in [-0.2, 0) is 39.4 Å². The molecule has 5 atom stereocenters. The molecule has 3 aliphatic heterocycles. The van der Waals surface area contributed by atoms with E-state index in [1.165, 1.54) is 0 Å². The number of benzene rings is 2. The lowest BCUT2D eigenvalue weighted by Crippen LogP contribution is -2.39. The third kappa shape index (κ3) is 14.2. The van der Waals surface area contributed by atoms with Crippen molar-refractivity contribution in [2.75, 3.05) is 53.3 Å². The Morgan fingerprint density at radius 2 is 1.14 bits per heavy atom. The summed E-state index contributed by atoms with van der Waals surface area (Å²) < 4.78 is 34.8. The summed E-state index contributed by atoms with van der Waals surface area (Å²) >= 11 is 12.1. The van der Waals surface area contributed by atoms with Gasteiger partial charge in [0.05, 0.1) is 48.0 Å². The van der Waals surface area contributed by atoms with Gasteiger partial charge in [0.25, 0.3) is 0 Å². The van der Waals surface area contributed by atoms with Gasteiger partial charge in [-0.2, -0.15) is 0 Å². The van der Waals surface area contributed by atoms with Crippen LogP contribution in [0, 0.1) is 0 Å². The van der Waals surface area contributed by atoms with Gasteiger partial charge >= 0.3 is 0 Å². The van der Waals surface area contributed by atoms with Crippen LogP contribution in [0.5, 0.6) is 0 Å². The van der Waals surface area contributed by atoms with Crippen molar-refractivity contribution in [3.63, 3.8) is 0 Å². The number of rotatable bonds is 14. The normalized spacial score (nSPS) is 21.7. The first-order valence-corrected chi connectivity index (χ1v) is 23.5. The van der Waals surface area contributed by atoms with E-state index in [1.807, 2.05) is 123 Å². The lowest BCUT2D eigenvalue weighted by Gasteiger charge is -2.28. The number of nitrogens with one attached hydrogen (secondary N) is 2. The smallest absolute Gasteiger partial charge is 0.249 e. The zero-order chi connectivity index (χ0) is 48.0. The molecule has 0 radical (unpaired) electrons. The van der Waals surface area contributed by atoms with E-state index < -0.39 is 22.9 Å². The Labute approximate surface area is 399 Å². The van der Waals surface area contributed by atoms with E-state index in [9.17, 15) is 14.7 Å². The Hall–Kier alpha value is -4.22. The second-order valence-electron chi connectivity index (χ2n) is 20.6. The number of amides is 2. The first kappa shape index (κ1) is 51.2. The monoisotopic (exact) mass is 954 g/mol. The molecule has 4 aromatic rings. The highest BCUT2D eigenvalue weighted by molar-refractivity contribution is 6.31. The van der Waals surface area contributed by atoms with Crippen molar-refractivity contribution >= 4 is 58.2 Å². The lowest BCUT2D eigenvalue weighted by atomic mass is 9.90. The predicted molar refractivity (Wildman–Crippen MR) is 257 cm³/mol. The maximum atomic E-state index is 13.4. The van der Waals surface area contributed by atoms with Gasteiger partial charge in [-0.05, 0) is 109 Å².